The Bertz CT molecular complexity index is 2260. The zero-order valence-electron chi connectivity index (χ0n) is 35.0. The number of nitrogens with zero attached hydrogens (tertiary/aromatic N) is 4. The van der Waals surface area contributed by atoms with E-state index in [2.05, 4.69) is 20.4 Å². The van der Waals surface area contributed by atoms with Crippen molar-refractivity contribution in [3.8, 4) is 0 Å². The minimum Gasteiger partial charge on any atom is -0.398 e. The van der Waals surface area contributed by atoms with E-state index in [1.54, 1.807) is 54.6 Å². The highest BCUT2D eigenvalue weighted by Gasteiger charge is 2.43. The van der Waals surface area contributed by atoms with E-state index in [4.69, 9.17) is 28.9 Å². The average molecular weight is 885 g/mol. The Labute approximate surface area is 372 Å². The van der Waals surface area contributed by atoms with Gasteiger partial charge in [0, 0.05) is 97.4 Å². The summed E-state index contributed by atoms with van der Waals surface area (Å²) in [6.45, 7) is 8.59. The summed E-state index contributed by atoms with van der Waals surface area (Å²) in [5.74, 6) is -0.442. The van der Waals surface area contributed by atoms with Gasteiger partial charge in [0.05, 0.1) is 5.69 Å². The molecule has 4 N–H and O–H groups in total. The van der Waals surface area contributed by atoms with Gasteiger partial charge >= 0.3 is 6.03 Å². The van der Waals surface area contributed by atoms with Gasteiger partial charge in [-0.15, -0.1) is 0 Å². The number of nitrogens with two attached hydrogens (primary N) is 1. The normalized spacial score (nSPS) is 21.1. The van der Waals surface area contributed by atoms with Crippen LogP contribution in [0.2, 0.25) is 10.0 Å². The topological polar surface area (TPSA) is 114 Å². The van der Waals surface area contributed by atoms with Crippen LogP contribution in [-0.4, -0.2) is 93.8 Å². The second kappa shape index (κ2) is 20.3. The molecule has 0 aliphatic carbocycles. The van der Waals surface area contributed by atoms with Gasteiger partial charge in [-0.2, -0.15) is 0 Å². The molecule has 4 atom stereocenters. The third-order valence-electron chi connectivity index (χ3n) is 11.8. The molecule has 4 bridgehead atoms. The van der Waals surface area contributed by atoms with Crippen molar-refractivity contribution in [2.45, 2.75) is 82.8 Å². The molecule has 10 nitrogen and oxygen atoms in total. The number of urea groups is 1. The number of carbonyl (C=O) groups excluding carboxylic acids is 3. The van der Waals surface area contributed by atoms with E-state index in [1.165, 1.54) is 24.3 Å². The first kappa shape index (κ1) is 44.8. The molecule has 0 saturated carbocycles. The van der Waals surface area contributed by atoms with Crippen molar-refractivity contribution < 1.29 is 23.2 Å². The molecule has 0 spiro atoms. The molecule has 4 aliphatic rings. The number of piperazine rings is 2. The minimum atomic E-state index is -0.325. The van der Waals surface area contributed by atoms with Crippen LogP contribution in [0.25, 0.3) is 12.2 Å². The Morgan fingerprint density at radius 1 is 0.661 bits per heavy atom. The number of anilines is 2. The first-order chi connectivity index (χ1) is 29.8. The number of carbonyl (C=O) groups is 3. The lowest BCUT2D eigenvalue weighted by molar-refractivity contribution is -0.132. The second-order valence-corrected chi connectivity index (χ2v) is 17.7. The van der Waals surface area contributed by atoms with Crippen LogP contribution in [0.5, 0.6) is 0 Å². The number of likely N-dealkylation sites (tertiary alicyclic amines) is 2. The molecule has 4 fully saturated rings. The molecule has 4 amide bonds. The lowest BCUT2D eigenvalue weighted by atomic mass is 10.1. The number of rotatable bonds is 10. The van der Waals surface area contributed by atoms with Crippen LogP contribution < -0.4 is 16.4 Å². The van der Waals surface area contributed by atoms with E-state index >= 15 is 0 Å². The molecule has 4 heterocycles. The summed E-state index contributed by atoms with van der Waals surface area (Å²) in [5.41, 5.74) is 10.7. The SMILES string of the molecule is CC(C)NC(=O)Nc1cc(Cl)ccc1/C=C/C(=O)N1C2CCC1CN(Cc1ccc(F)cc1)C2.Nc1cc(Cl)ccc1/C=C/C(=O)N1C2CCC1CN(Cc1ccc(F)cc1)C2. The maximum atomic E-state index is 13.2. The monoisotopic (exact) mass is 883 g/mol. The molecule has 4 saturated heterocycles. The summed E-state index contributed by atoms with van der Waals surface area (Å²) < 4.78 is 26.3. The van der Waals surface area contributed by atoms with Crippen LogP contribution >= 0.6 is 23.2 Å². The van der Waals surface area contributed by atoms with Gasteiger partial charge in [0.1, 0.15) is 11.6 Å². The highest BCUT2D eigenvalue weighted by atomic mass is 35.5. The highest BCUT2D eigenvalue weighted by molar-refractivity contribution is 6.31. The number of hydrogen-bond donors (Lipinski definition) is 3. The van der Waals surface area contributed by atoms with Gasteiger partial charge in [-0.05, 0) is 122 Å². The molecule has 4 aromatic carbocycles. The molecular formula is C48H53Cl2F2N7O3. The Hall–Kier alpha value is -5.27. The van der Waals surface area contributed by atoms with Gasteiger partial charge in [-0.25, -0.2) is 13.6 Å². The molecule has 4 unspecified atom stereocenters. The Morgan fingerprint density at radius 3 is 1.52 bits per heavy atom. The summed E-state index contributed by atoms with van der Waals surface area (Å²) in [7, 11) is 0. The van der Waals surface area contributed by atoms with Crippen molar-refractivity contribution in [1.82, 2.24) is 24.9 Å². The van der Waals surface area contributed by atoms with Gasteiger partial charge in [0.25, 0.3) is 0 Å². The van der Waals surface area contributed by atoms with Gasteiger partial charge < -0.3 is 26.2 Å². The van der Waals surface area contributed by atoms with E-state index < -0.39 is 0 Å². The molecule has 8 rings (SSSR count). The van der Waals surface area contributed by atoms with Crippen molar-refractivity contribution in [2.24, 2.45) is 0 Å². The van der Waals surface area contributed by atoms with E-state index in [-0.39, 0.29) is 59.7 Å². The predicted octanol–water partition coefficient (Wildman–Crippen LogP) is 8.85. The van der Waals surface area contributed by atoms with Crippen molar-refractivity contribution in [3.05, 3.63) is 141 Å². The summed E-state index contributed by atoms with van der Waals surface area (Å²) in [5, 5.41) is 6.67. The Kier molecular flexibility index (Phi) is 14.6. The number of nitrogen functional groups attached to an aromatic ring is 1. The van der Waals surface area contributed by atoms with Crippen LogP contribution in [0.3, 0.4) is 0 Å². The standard InChI is InChI=1S/C26H30ClFN4O2.C22H23ClFN3O/c1-17(2)29-26(34)30-24-13-20(27)7-5-19(24)6-12-25(33)32-22-10-11-23(32)16-31(15-22)14-18-3-8-21(28)9-4-18;23-17-5-3-16(21(25)11-17)4-10-22(28)27-19-8-9-20(27)14-26(13-19)12-15-1-6-18(24)7-2-15/h3-9,12-13,17,22-23H,10-11,14-16H2,1-2H3,(H2,29,30,34);1-7,10-11,19-20H,8-9,12-14,25H2/b12-6+;10-4+. The maximum absolute atomic E-state index is 13.2. The summed E-state index contributed by atoms with van der Waals surface area (Å²) in [4.78, 5) is 46.8. The number of benzene rings is 4. The van der Waals surface area contributed by atoms with Crippen LogP contribution in [0.1, 0.15) is 61.8 Å². The van der Waals surface area contributed by atoms with Crippen molar-refractivity contribution in [2.75, 3.05) is 37.2 Å². The molecule has 14 heteroatoms. The number of hydrogen-bond acceptors (Lipinski definition) is 6. The summed E-state index contributed by atoms with van der Waals surface area (Å²) in [6.07, 6.45) is 10.7. The van der Waals surface area contributed by atoms with Crippen LogP contribution in [0.4, 0.5) is 25.0 Å². The zero-order valence-corrected chi connectivity index (χ0v) is 36.5. The third kappa shape index (κ3) is 11.6. The smallest absolute Gasteiger partial charge is 0.319 e. The van der Waals surface area contributed by atoms with E-state index in [0.717, 1.165) is 81.6 Å². The molecule has 62 heavy (non-hydrogen) atoms. The van der Waals surface area contributed by atoms with E-state index in [1.807, 2.05) is 54.0 Å². The number of halogens is 4. The zero-order chi connectivity index (χ0) is 43.9. The largest absolute Gasteiger partial charge is 0.398 e. The fourth-order valence-electron chi connectivity index (χ4n) is 9.05. The number of nitrogens with one attached hydrogen (secondary N) is 2. The van der Waals surface area contributed by atoms with Crippen molar-refractivity contribution in [1.29, 1.82) is 0 Å². The fourth-order valence-corrected chi connectivity index (χ4v) is 9.40. The first-order valence-corrected chi connectivity index (χ1v) is 21.9. The van der Waals surface area contributed by atoms with Crippen molar-refractivity contribution in [3.63, 3.8) is 0 Å². The molecule has 4 aromatic rings. The lowest BCUT2D eigenvalue weighted by Gasteiger charge is -2.40. The van der Waals surface area contributed by atoms with E-state index in [0.29, 0.717) is 27.0 Å². The summed E-state index contributed by atoms with van der Waals surface area (Å²) >= 11 is 12.0. The molecular weight excluding hydrogens is 831 g/mol. The first-order valence-electron chi connectivity index (χ1n) is 21.1. The number of fused-ring (bicyclic) bond motifs is 4. The molecule has 326 valence electrons. The third-order valence-corrected chi connectivity index (χ3v) is 12.3. The Balaban J connectivity index is 0.000000190. The van der Waals surface area contributed by atoms with Crippen molar-refractivity contribution >= 4 is 64.6 Å². The van der Waals surface area contributed by atoms with E-state index in [9.17, 15) is 23.2 Å². The predicted molar refractivity (Wildman–Crippen MR) is 243 cm³/mol. The van der Waals surface area contributed by atoms with Crippen LogP contribution in [0.15, 0.2) is 97.1 Å². The average Bonchev–Trinajstić information content (AvgIpc) is 3.66. The quantitative estimate of drug-likeness (QED) is 0.108. The maximum Gasteiger partial charge on any atom is 0.319 e. The van der Waals surface area contributed by atoms with Gasteiger partial charge in [0.15, 0.2) is 0 Å². The Morgan fingerprint density at radius 2 is 1.08 bits per heavy atom. The number of amides is 4. The molecule has 4 aliphatic heterocycles. The second-order valence-electron chi connectivity index (χ2n) is 16.8. The van der Waals surface area contributed by atoms with Gasteiger partial charge in [-0.3, -0.25) is 19.4 Å². The van der Waals surface area contributed by atoms with Crippen LogP contribution in [-0.2, 0) is 22.7 Å². The molecule has 0 aromatic heterocycles. The van der Waals surface area contributed by atoms with Gasteiger partial charge in [0.2, 0.25) is 11.8 Å². The summed E-state index contributed by atoms with van der Waals surface area (Å²) in [6, 6.07) is 24.1. The fraction of sp³-hybridized carbons (Fsp3) is 0.354. The van der Waals surface area contributed by atoms with Crippen LogP contribution in [0, 0.1) is 11.6 Å². The minimum absolute atomic E-state index is 0.00282. The molecule has 0 radical (unpaired) electrons. The lowest BCUT2D eigenvalue weighted by Crippen LogP contribution is -2.55. The highest BCUT2D eigenvalue weighted by Crippen LogP contribution is 2.33. The van der Waals surface area contributed by atoms with Gasteiger partial charge in [-0.1, -0.05) is 59.6 Å².